The summed E-state index contributed by atoms with van der Waals surface area (Å²) in [6.07, 6.45) is 3.68. The van der Waals surface area contributed by atoms with Gasteiger partial charge in [0, 0.05) is 19.2 Å². The molecule has 0 aliphatic carbocycles. The lowest BCUT2D eigenvalue weighted by Crippen LogP contribution is -2.24. The van der Waals surface area contributed by atoms with E-state index in [2.05, 4.69) is 15.6 Å². The number of carbonyl (C=O) groups is 1. The van der Waals surface area contributed by atoms with Gasteiger partial charge >= 0.3 is 0 Å². The average molecular weight is 260 g/mol. The van der Waals surface area contributed by atoms with Gasteiger partial charge in [-0.1, -0.05) is 29.5 Å². The highest BCUT2D eigenvalue weighted by Gasteiger charge is 2.02. The Kier molecular flexibility index (Phi) is 4.63. The van der Waals surface area contributed by atoms with E-state index >= 15 is 0 Å². The van der Waals surface area contributed by atoms with Gasteiger partial charge in [-0.2, -0.15) is 0 Å². The summed E-state index contributed by atoms with van der Waals surface area (Å²) in [6, 6.07) is 7.47. The van der Waals surface area contributed by atoms with Crippen LogP contribution in [0.2, 0.25) is 0 Å². The van der Waals surface area contributed by atoms with Crippen LogP contribution in [-0.4, -0.2) is 26.0 Å². The van der Waals surface area contributed by atoms with Crippen molar-refractivity contribution in [3.05, 3.63) is 47.8 Å². The topological polar surface area (TPSA) is 80.0 Å². The Morgan fingerprint density at radius 3 is 2.63 bits per heavy atom. The first-order valence-corrected chi connectivity index (χ1v) is 6.07. The molecule has 2 rings (SSSR count). The molecule has 1 aromatic carbocycles. The molecule has 2 N–H and O–H groups in total. The molecule has 0 aliphatic heterocycles. The summed E-state index contributed by atoms with van der Waals surface area (Å²) in [5.41, 5.74) is 1.87. The molecule has 6 nitrogen and oxygen atoms in total. The number of nitrogens with zero attached hydrogens (tertiary/aromatic N) is 3. The maximum Gasteiger partial charge on any atom is 0.222 e. The maximum atomic E-state index is 11.6. The Hall–Kier alpha value is -2.21. The van der Waals surface area contributed by atoms with Crippen LogP contribution in [0.3, 0.4) is 0 Å². The van der Waals surface area contributed by atoms with Crippen molar-refractivity contribution in [1.29, 1.82) is 0 Å². The van der Waals surface area contributed by atoms with E-state index in [9.17, 15) is 4.79 Å². The fourth-order valence-electron chi connectivity index (χ4n) is 1.62. The van der Waals surface area contributed by atoms with Gasteiger partial charge in [-0.3, -0.25) is 9.48 Å². The minimum atomic E-state index is -0.0262. The second-order valence-electron chi connectivity index (χ2n) is 4.17. The summed E-state index contributed by atoms with van der Waals surface area (Å²) >= 11 is 0. The minimum Gasteiger partial charge on any atom is -0.392 e. The number of aromatic nitrogens is 3. The molecule has 0 fully saturated rings. The highest BCUT2D eigenvalue weighted by Crippen LogP contribution is 2.04. The third-order valence-corrected chi connectivity index (χ3v) is 2.74. The number of aliphatic hydroxyl groups excluding tert-OH is 1. The highest BCUT2D eigenvalue weighted by molar-refractivity contribution is 5.75. The van der Waals surface area contributed by atoms with Gasteiger partial charge in [0.2, 0.25) is 5.91 Å². The number of hydrogen-bond donors (Lipinski definition) is 2. The van der Waals surface area contributed by atoms with Crippen molar-refractivity contribution in [2.24, 2.45) is 0 Å². The number of carbonyl (C=O) groups excluding carboxylic acids is 1. The largest absolute Gasteiger partial charge is 0.392 e. The van der Waals surface area contributed by atoms with Crippen molar-refractivity contribution in [2.75, 3.05) is 0 Å². The van der Waals surface area contributed by atoms with Gasteiger partial charge in [-0.05, 0) is 11.1 Å². The Labute approximate surface area is 111 Å². The molecule has 6 heteroatoms. The van der Waals surface area contributed by atoms with Gasteiger partial charge in [-0.25, -0.2) is 0 Å². The average Bonchev–Trinajstić information content (AvgIpc) is 2.96. The molecule has 1 heterocycles. The van der Waals surface area contributed by atoms with Crippen LogP contribution in [0.4, 0.5) is 0 Å². The van der Waals surface area contributed by atoms with E-state index in [1.54, 1.807) is 17.1 Å². The van der Waals surface area contributed by atoms with Gasteiger partial charge in [-0.15, -0.1) is 5.10 Å². The van der Waals surface area contributed by atoms with Crippen LogP contribution in [0.25, 0.3) is 0 Å². The second kappa shape index (κ2) is 6.65. The van der Waals surface area contributed by atoms with Gasteiger partial charge in [0.25, 0.3) is 0 Å². The van der Waals surface area contributed by atoms with E-state index in [1.165, 1.54) is 0 Å². The lowest BCUT2D eigenvalue weighted by Gasteiger charge is -2.06. The molecular weight excluding hydrogens is 244 g/mol. The van der Waals surface area contributed by atoms with Crippen LogP contribution in [-0.2, 0) is 24.5 Å². The normalized spacial score (nSPS) is 10.4. The summed E-state index contributed by atoms with van der Waals surface area (Å²) in [5.74, 6) is -0.0262. The van der Waals surface area contributed by atoms with Crippen LogP contribution in [0.1, 0.15) is 17.5 Å². The van der Waals surface area contributed by atoms with Crippen molar-refractivity contribution < 1.29 is 9.90 Å². The van der Waals surface area contributed by atoms with Crippen LogP contribution in [0.15, 0.2) is 36.7 Å². The van der Waals surface area contributed by atoms with Gasteiger partial charge in [0.15, 0.2) is 0 Å². The Bertz CT molecular complexity index is 508. The fourth-order valence-corrected chi connectivity index (χ4v) is 1.62. The number of benzene rings is 1. The molecule has 0 spiro atoms. The third kappa shape index (κ3) is 4.18. The lowest BCUT2D eigenvalue weighted by molar-refractivity contribution is -0.121. The van der Waals surface area contributed by atoms with Crippen molar-refractivity contribution in [3.8, 4) is 0 Å². The zero-order valence-electron chi connectivity index (χ0n) is 10.5. The van der Waals surface area contributed by atoms with E-state index in [0.717, 1.165) is 11.1 Å². The number of aliphatic hydroxyl groups is 1. The van der Waals surface area contributed by atoms with Crippen LogP contribution in [0, 0.1) is 0 Å². The number of hydrogen-bond acceptors (Lipinski definition) is 4. The van der Waals surface area contributed by atoms with E-state index < -0.39 is 0 Å². The molecule has 0 saturated heterocycles. The molecule has 1 amide bonds. The number of amides is 1. The Morgan fingerprint density at radius 2 is 2.00 bits per heavy atom. The number of rotatable bonds is 6. The van der Waals surface area contributed by atoms with E-state index in [-0.39, 0.29) is 12.5 Å². The molecule has 0 unspecified atom stereocenters. The van der Waals surface area contributed by atoms with Crippen LogP contribution < -0.4 is 5.32 Å². The summed E-state index contributed by atoms with van der Waals surface area (Å²) in [4.78, 5) is 11.6. The summed E-state index contributed by atoms with van der Waals surface area (Å²) < 4.78 is 1.62. The molecule has 1 aromatic heterocycles. The first kappa shape index (κ1) is 13.2. The standard InChI is InChI=1S/C13H16N4O2/c18-10-12-3-1-11(2-4-12)9-14-13(19)5-7-17-8-6-15-16-17/h1-4,6,8,18H,5,7,9-10H2,(H,14,19). The maximum absolute atomic E-state index is 11.6. The monoisotopic (exact) mass is 260 g/mol. The predicted octanol–water partition coefficient (Wildman–Crippen LogP) is 0.477. The molecule has 100 valence electrons. The highest BCUT2D eigenvalue weighted by atomic mass is 16.3. The van der Waals surface area contributed by atoms with E-state index in [0.29, 0.717) is 19.5 Å². The number of nitrogens with one attached hydrogen (secondary N) is 1. The Balaban J connectivity index is 1.73. The van der Waals surface area contributed by atoms with Crippen LogP contribution in [0.5, 0.6) is 0 Å². The molecule has 0 aliphatic rings. The van der Waals surface area contributed by atoms with Gasteiger partial charge < -0.3 is 10.4 Å². The van der Waals surface area contributed by atoms with Crippen molar-refractivity contribution in [1.82, 2.24) is 20.3 Å². The molecule has 19 heavy (non-hydrogen) atoms. The molecule has 0 radical (unpaired) electrons. The van der Waals surface area contributed by atoms with Crippen molar-refractivity contribution in [2.45, 2.75) is 26.1 Å². The smallest absolute Gasteiger partial charge is 0.222 e. The van der Waals surface area contributed by atoms with Gasteiger partial charge in [0.1, 0.15) is 0 Å². The zero-order chi connectivity index (χ0) is 13.5. The second-order valence-corrected chi connectivity index (χ2v) is 4.17. The fraction of sp³-hybridized carbons (Fsp3) is 0.308. The summed E-state index contributed by atoms with van der Waals surface area (Å²) in [6.45, 7) is 1.04. The lowest BCUT2D eigenvalue weighted by atomic mass is 10.1. The van der Waals surface area contributed by atoms with Crippen LogP contribution >= 0.6 is 0 Å². The molecular formula is C13H16N4O2. The summed E-state index contributed by atoms with van der Waals surface area (Å²) in [7, 11) is 0. The van der Waals surface area contributed by atoms with Gasteiger partial charge in [0.05, 0.1) is 19.3 Å². The predicted molar refractivity (Wildman–Crippen MR) is 68.9 cm³/mol. The number of aryl methyl sites for hydroxylation is 1. The summed E-state index contributed by atoms with van der Waals surface area (Å²) in [5, 5.41) is 19.2. The molecule has 0 saturated carbocycles. The SMILES string of the molecule is O=C(CCn1ccnn1)NCc1ccc(CO)cc1. The minimum absolute atomic E-state index is 0.0262. The quantitative estimate of drug-likeness (QED) is 0.791. The molecule has 2 aromatic rings. The molecule has 0 bridgehead atoms. The first-order chi connectivity index (χ1) is 9.28. The van der Waals surface area contributed by atoms with Crippen molar-refractivity contribution in [3.63, 3.8) is 0 Å². The zero-order valence-corrected chi connectivity index (χ0v) is 10.5. The third-order valence-electron chi connectivity index (χ3n) is 2.74. The van der Waals surface area contributed by atoms with E-state index in [4.69, 9.17) is 5.11 Å². The first-order valence-electron chi connectivity index (χ1n) is 6.07. The Morgan fingerprint density at radius 1 is 1.26 bits per heavy atom. The van der Waals surface area contributed by atoms with Crippen molar-refractivity contribution >= 4 is 5.91 Å². The molecule has 0 atom stereocenters. The van der Waals surface area contributed by atoms with E-state index in [1.807, 2.05) is 24.3 Å².